The van der Waals surface area contributed by atoms with Gasteiger partial charge in [0.1, 0.15) is 152 Å². The molecule has 15 heterocycles. The Morgan fingerprint density at radius 3 is 1.19 bits per heavy atom. The first kappa shape index (κ1) is 112. The van der Waals surface area contributed by atoms with Gasteiger partial charge in [-0.1, -0.05) is 30.5 Å². The van der Waals surface area contributed by atoms with Crippen LogP contribution in [0, 0.1) is 20.8 Å². The van der Waals surface area contributed by atoms with Crippen molar-refractivity contribution in [1.29, 1.82) is 0 Å². The van der Waals surface area contributed by atoms with Crippen LogP contribution in [-0.2, 0) is 171 Å². The molecular formula is C76H106N24O38P5S3-5. The highest BCUT2D eigenvalue weighted by Gasteiger charge is 2.57. The number of anilines is 6. The van der Waals surface area contributed by atoms with Gasteiger partial charge in [-0.25, -0.2) is 49.3 Å². The molecule has 0 radical (unpaired) electrons. The maximum absolute atomic E-state index is 15.6. The zero-order chi connectivity index (χ0) is 105. The number of aromatic nitrogens is 18. The Labute approximate surface area is 842 Å². The number of aliphatic hydroxyl groups is 1. The number of ether oxygens (including phenoxy) is 16. The number of phosphoric acid groups is 2. The molecule has 62 nitrogen and oxygen atoms in total. The molecule has 0 spiro atoms. The van der Waals surface area contributed by atoms with Crippen LogP contribution in [0.3, 0.4) is 0 Å². The first-order chi connectivity index (χ1) is 69.6. The second-order valence-electron chi connectivity index (χ2n) is 33.3. The van der Waals surface area contributed by atoms with Gasteiger partial charge < -0.3 is 192 Å². The topological polar surface area (TPSA) is 815 Å². The van der Waals surface area contributed by atoms with Gasteiger partial charge in [-0.15, -0.1) is 0 Å². The third-order valence-corrected chi connectivity index (χ3v) is 30.3. The summed E-state index contributed by atoms with van der Waals surface area (Å²) in [5.41, 5.74) is 33.4. The second-order valence-corrected chi connectivity index (χ2v) is 44.1. The highest BCUT2D eigenvalue weighted by atomic mass is 32.7. The summed E-state index contributed by atoms with van der Waals surface area (Å²) >= 11 is 16.8. The van der Waals surface area contributed by atoms with E-state index < -0.39 is 252 Å². The van der Waals surface area contributed by atoms with Crippen molar-refractivity contribution in [2.24, 2.45) is 0 Å². The Kier molecular flexibility index (Phi) is 37.1. The van der Waals surface area contributed by atoms with Crippen LogP contribution in [0.5, 0.6) is 0 Å². The molecule has 28 atom stereocenters. The summed E-state index contributed by atoms with van der Waals surface area (Å²) in [7, 11) is -5.69. The van der Waals surface area contributed by atoms with Gasteiger partial charge >= 0.3 is 17.1 Å². The monoisotopic (exact) mass is 2210 g/mol. The maximum Gasteiger partial charge on any atom is 0.351 e. The van der Waals surface area contributed by atoms with E-state index in [0.717, 1.165) is 30.8 Å². The van der Waals surface area contributed by atoms with E-state index in [1.165, 1.54) is 98.6 Å². The maximum atomic E-state index is 15.6. The minimum absolute atomic E-state index is 0.00221. The number of nitrogen functional groups attached to an aromatic ring is 6. The Bertz CT molecular complexity index is 6570. The van der Waals surface area contributed by atoms with Crippen molar-refractivity contribution < 1.29 is 159 Å². The Balaban J connectivity index is 0.719. The van der Waals surface area contributed by atoms with E-state index in [0.29, 0.717) is 5.65 Å². The van der Waals surface area contributed by atoms with Crippen molar-refractivity contribution in [3.63, 3.8) is 0 Å². The summed E-state index contributed by atoms with van der Waals surface area (Å²) in [5.74, 6) is -0.994. The molecule has 0 amide bonds. The highest BCUT2D eigenvalue weighted by molar-refractivity contribution is 8.32. The second kappa shape index (κ2) is 48.3. The molecule has 0 saturated carbocycles. The number of aryl methyl sites for hydroxylation is 3. The van der Waals surface area contributed by atoms with E-state index in [9.17, 15) is 29.2 Å². The quantitative estimate of drug-likeness (QED) is 0.0104. The standard InChI is InChI=1S/C76H111N24O38P5S3/c1-10-38-39(21-45(128-38)98-32-87-46-62(80)83-30-85-64(46)98)134-141(110,144)126-28-43-51(56(120-18-13-115-7)70(131-43)96-23-36(3)60(78)91-75(96)104)136-139(106,107)123-26-41-50(55(119-17-12-114-6)69(130-41)95-22-35(2)59(77)90-74(95)103)135-140(108,109)124-27-42-52(58(122-20-15-117-9)72(133-42)100-34-89-48-66(100)93-73(82)94-67(48)102)137-143(112,146)127-29-44-53(57(121-19-14-116-8)71(132-44)97-24-37(4)61(79)92-76(97)105)138-142(111,145)125-25-40-49(101)54(118-16-11-113-5)68(129-40)99-33-88-47-63(81)84-31-86-65(47)99/h22-24,30-34,38-45,49-58,68-72,101H,10-21,25-29H2,1-9H3,(H,106,107)(H,108,109)(H,110,144)(H,111,145)(H,112,146)(H2,77,90,103)(H2,78,91,104)(H2,79,92,105)(H2,80,83,85)(H2,81,84,86)(H3,82,93,94,102)/p-5/t38-,39-,40-,41-,42-,43-,44-,45-,49+,50+,51+,52+,53+,54?,55?,56?,57?,58?,68-,69-,70-,71-,72-,141?,142?,143?/m1/s1. The lowest BCUT2D eigenvalue weighted by Crippen LogP contribution is -2.42. The van der Waals surface area contributed by atoms with Crippen LogP contribution < -0.4 is 76.6 Å². The van der Waals surface area contributed by atoms with E-state index in [2.05, 4.69) is 59.8 Å². The fraction of sp³-hybridized carbons (Fsp3) is 0.645. The van der Waals surface area contributed by atoms with Gasteiger partial charge in [0.05, 0.1) is 130 Å². The highest BCUT2D eigenvalue weighted by Crippen LogP contribution is 2.57. The van der Waals surface area contributed by atoms with E-state index in [4.69, 9.17) is 191 Å². The number of nitrogens with one attached hydrogen (secondary N) is 1. The van der Waals surface area contributed by atoms with Crippen molar-refractivity contribution in [2.75, 3.05) is 169 Å². The van der Waals surface area contributed by atoms with E-state index >= 15 is 28.4 Å². The number of hydrogen-bond donors (Lipinski definition) is 8. The molecule has 806 valence electrons. The Morgan fingerprint density at radius 2 is 0.760 bits per heavy atom. The number of imidazole rings is 3. The molecule has 6 aliphatic heterocycles. The third-order valence-electron chi connectivity index (χ3n) is 23.7. The number of nitrogens with two attached hydrogens (primary N) is 6. The van der Waals surface area contributed by atoms with Gasteiger partial charge in [0.15, 0.2) is 72.0 Å². The van der Waals surface area contributed by atoms with Gasteiger partial charge in [0, 0.05) is 77.3 Å². The molecule has 0 aromatic carbocycles. The van der Waals surface area contributed by atoms with Crippen LogP contribution in [0.15, 0.2) is 69.4 Å². The van der Waals surface area contributed by atoms with Crippen molar-refractivity contribution in [3.05, 3.63) is 109 Å². The third kappa shape index (κ3) is 26.0. The molecule has 15 rings (SSSR count). The van der Waals surface area contributed by atoms with Crippen LogP contribution >= 0.6 is 35.9 Å². The largest absolute Gasteiger partial charge is 0.780 e. The number of hydrogen-bond acceptors (Lipinski definition) is 58. The van der Waals surface area contributed by atoms with Crippen LogP contribution in [0.2, 0.25) is 0 Å². The van der Waals surface area contributed by atoms with Crippen LogP contribution in [0.4, 0.5) is 35.0 Å². The Morgan fingerprint density at radius 1 is 0.411 bits per heavy atom. The predicted octanol–water partition coefficient (Wildman–Crippen LogP) is -3.54. The lowest BCUT2D eigenvalue weighted by molar-refractivity contribution is -0.241. The fourth-order valence-electron chi connectivity index (χ4n) is 16.7. The number of aromatic amines is 1. The number of aliphatic hydroxyl groups excluding tert-OH is 1. The summed E-state index contributed by atoms with van der Waals surface area (Å²) < 4.78 is 208. The minimum Gasteiger partial charge on any atom is -0.780 e. The Hall–Kier alpha value is -8.01. The van der Waals surface area contributed by atoms with Crippen LogP contribution in [-0.4, -0.2) is 331 Å². The van der Waals surface area contributed by atoms with E-state index in [-0.39, 0.29) is 139 Å². The summed E-state index contributed by atoms with van der Waals surface area (Å²) in [6, 6.07) is 0. The molecule has 146 heavy (non-hydrogen) atoms. The molecule has 9 aromatic heterocycles. The fourth-order valence-corrected chi connectivity index (χ4v) is 22.9. The van der Waals surface area contributed by atoms with Crippen LogP contribution in [0.25, 0.3) is 33.5 Å². The lowest BCUT2D eigenvalue weighted by atomic mass is 10.1. The van der Waals surface area contributed by atoms with Crippen molar-refractivity contribution in [1.82, 2.24) is 87.2 Å². The van der Waals surface area contributed by atoms with Crippen molar-refractivity contribution in [3.8, 4) is 0 Å². The molecule has 14 N–H and O–H groups in total. The first-order valence-electron chi connectivity index (χ1n) is 44.5. The molecule has 0 aliphatic carbocycles. The van der Waals surface area contributed by atoms with E-state index in [1.54, 1.807) is 11.5 Å². The number of nitrogens with zero attached hydrogens (tertiary/aromatic N) is 17. The van der Waals surface area contributed by atoms with Gasteiger partial charge in [0.2, 0.25) is 5.95 Å². The number of fused-ring (bicyclic) bond motifs is 3. The molecule has 9 aromatic rings. The van der Waals surface area contributed by atoms with Crippen LogP contribution in [0.1, 0.15) is 73.8 Å². The molecule has 70 heteroatoms. The number of phosphoric ester groups is 2. The van der Waals surface area contributed by atoms with Gasteiger partial charge in [-0.2, -0.15) is 19.9 Å². The zero-order valence-corrected chi connectivity index (χ0v) is 85.9. The van der Waals surface area contributed by atoms with Crippen molar-refractivity contribution in [2.45, 2.75) is 182 Å². The summed E-state index contributed by atoms with van der Waals surface area (Å²) in [4.78, 5) is 163. The average Bonchev–Trinajstić information content (AvgIpc) is 1.61. The van der Waals surface area contributed by atoms with E-state index in [1.807, 2.05) is 0 Å². The summed E-state index contributed by atoms with van der Waals surface area (Å²) in [6.07, 6.45) is -27.8. The molecule has 6 saturated heterocycles. The average molecular weight is 2210 g/mol. The molecule has 6 aliphatic rings. The first-order valence-corrected chi connectivity index (χ1v) is 55.1. The van der Waals surface area contributed by atoms with Gasteiger partial charge in [0.25, 0.3) is 21.2 Å². The number of H-pyrrole nitrogens is 1. The lowest BCUT2D eigenvalue weighted by Gasteiger charge is -2.36. The zero-order valence-electron chi connectivity index (χ0n) is 79.0. The minimum atomic E-state index is -6.23. The normalized spacial score (nSPS) is 29.1. The molecule has 0 bridgehead atoms. The predicted molar refractivity (Wildman–Crippen MR) is 500 cm³/mol. The molecule has 6 fully saturated rings. The summed E-state index contributed by atoms with van der Waals surface area (Å²) in [5, 5.41) is 11.9. The SMILES string of the molecule is CC[C@H]1O[C@@H](n2cnc3c(N)ncnc32)C[C@H]1OP([O-])(=S)OC[C@H]1O[C@@H](n2cc(C)c(N)nc2=O)C(OCCOC)[C@H]1OP(=O)([O-])OC[C@H]1O[C@@H](n2cc(C)c(N)nc2=O)C(OCCOC)[C@H]1OP(=O)([O-])OC[C@H]1O[C@@H](n2cnc3c(=O)[nH]c(N)nc32)C(OCCOC)[C@H]1OP(=O)([S-])OC[C@H]1O[C@@H](n2cc(C)c(N)nc2=O)C(OCCOC)[C@H]1OP([O-])(=S)OC[C@H]1O[C@@H](n2cnc3c(N)ncnc32)C(OCCOC)[C@H]1O. The molecule has 10 unspecified atom stereocenters. The van der Waals surface area contributed by atoms with Gasteiger partial charge in [-0.3, -0.25) is 50.9 Å². The van der Waals surface area contributed by atoms with Gasteiger partial charge in [-0.05, 0) is 27.2 Å². The number of rotatable bonds is 52. The number of methoxy groups -OCH3 is 5. The molecular weight excluding hydrogens is 2110 g/mol. The summed E-state index contributed by atoms with van der Waals surface area (Å²) in [6.45, 7) is -16.8. The van der Waals surface area contributed by atoms with Crippen molar-refractivity contribution >= 4 is 140 Å². The smallest absolute Gasteiger partial charge is 0.351 e.